The van der Waals surface area contributed by atoms with Gasteiger partial charge in [0.15, 0.2) is 11.5 Å². The molecule has 0 spiro atoms. The van der Waals surface area contributed by atoms with E-state index in [0.29, 0.717) is 36.8 Å². The van der Waals surface area contributed by atoms with E-state index in [9.17, 15) is 22.8 Å². The van der Waals surface area contributed by atoms with Crippen LogP contribution in [0.15, 0.2) is 41.3 Å². The Bertz CT molecular complexity index is 1330. The van der Waals surface area contributed by atoms with Crippen LogP contribution in [0.2, 0.25) is 0 Å². The summed E-state index contributed by atoms with van der Waals surface area (Å²) < 4.78 is 46.8. The van der Waals surface area contributed by atoms with Crippen LogP contribution in [-0.4, -0.2) is 57.0 Å². The summed E-state index contributed by atoms with van der Waals surface area (Å²) in [7, 11) is 0. The number of halogens is 3. The average Bonchev–Trinajstić information content (AvgIpc) is 3.43. The fraction of sp³-hybridized carbons (Fsp3) is 0.464. The molecular formula is C28H31F3N6O3. The molecule has 3 heterocycles. The van der Waals surface area contributed by atoms with Gasteiger partial charge in [0.05, 0.1) is 29.4 Å². The van der Waals surface area contributed by atoms with Gasteiger partial charge in [-0.3, -0.25) is 24.5 Å². The molecule has 1 aromatic carbocycles. The van der Waals surface area contributed by atoms with Gasteiger partial charge in [0.2, 0.25) is 5.91 Å². The van der Waals surface area contributed by atoms with Crippen molar-refractivity contribution in [1.29, 1.82) is 0 Å². The normalized spacial score (nSPS) is 21.1. The lowest BCUT2D eigenvalue weighted by molar-refractivity contribution is -0.128. The first-order chi connectivity index (χ1) is 19.3. The summed E-state index contributed by atoms with van der Waals surface area (Å²) in [5, 5.41) is 9.56. The predicted octanol–water partition coefficient (Wildman–Crippen LogP) is 4.18. The third-order valence-electron chi connectivity index (χ3n) is 7.77. The second-order valence-electron chi connectivity index (χ2n) is 10.4. The number of amides is 2. The quantitative estimate of drug-likeness (QED) is 0.449. The average molecular weight is 557 g/mol. The number of carbonyl (C=O) groups is 2. The topological polar surface area (TPSA) is 113 Å². The van der Waals surface area contributed by atoms with E-state index in [1.54, 1.807) is 18.6 Å². The number of piperidine rings is 1. The van der Waals surface area contributed by atoms with Gasteiger partial charge in [0.25, 0.3) is 5.91 Å². The highest BCUT2D eigenvalue weighted by Gasteiger charge is 2.38. The monoisotopic (exact) mass is 556 g/mol. The van der Waals surface area contributed by atoms with Crippen molar-refractivity contribution in [2.24, 2.45) is 5.92 Å². The highest BCUT2D eigenvalue weighted by molar-refractivity contribution is 5.94. The minimum atomic E-state index is -1.18. The molecule has 40 heavy (non-hydrogen) atoms. The molecule has 2 amide bonds. The number of aromatic nitrogens is 3. The van der Waals surface area contributed by atoms with Crippen LogP contribution in [0.3, 0.4) is 0 Å². The lowest BCUT2D eigenvalue weighted by atomic mass is 9.86. The molecule has 212 valence electrons. The van der Waals surface area contributed by atoms with Crippen LogP contribution < -0.4 is 10.6 Å². The molecule has 0 radical (unpaired) electrons. The zero-order valence-electron chi connectivity index (χ0n) is 22.1. The second kappa shape index (κ2) is 12.2. The Hall–Kier alpha value is -3.80. The van der Waals surface area contributed by atoms with Gasteiger partial charge in [-0.15, -0.1) is 0 Å². The second-order valence-corrected chi connectivity index (χ2v) is 10.4. The molecule has 2 fully saturated rings. The van der Waals surface area contributed by atoms with E-state index in [1.807, 2.05) is 6.92 Å². The first-order valence-electron chi connectivity index (χ1n) is 13.5. The summed E-state index contributed by atoms with van der Waals surface area (Å²) in [5.74, 6) is -5.20. The van der Waals surface area contributed by atoms with Crippen molar-refractivity contribution in [2.45, 2.75) is 63.6 Å². The Balaban J connectivity index is 1.32. The first kappa shape index (κ1) is 27.8. The maximum atomic E-state index is 14.2. The van der Waals surface area contributed by atoms with Crippen molar-refractivity contribution in [3.63, 3.8) is 0 Å². The molecule has 1 saturated heterocycles. The summed E-state index contributed by atoms with van der Waals surface area (Å²) in [4.78, 5) is 37.3. The molecule has 9 nitrogen and oxygen atoms in total. The van der Waals surface area contributed by atoms with Crippen LogP contribution in [0.4, 0.5) is 13.2 Å². The van der Waals surface area contributed by atoms with E-state index in [-0.39, 0.29) is 23.4 Å². The van der Waals surface area contributed by atoms with Gasteiger partial charge >= 0.3 is 0 Å². The van der Waals surface area contributed by atoms with Crippen LogP contribution >= 0.6 is 0 Å². The molecule has 1 saturated carbocycles. The maximum Gasteiger partial charge on any atom is 0.273 e. The molecule has 2 aromatic heterocycles. The molecular weight excluding hydrogens is 525 g/mol. The molecule has 2 aliphatic rings. The minimum Gasteiger partial charge on any atom is -0.355 e. The Morgan fingerprint density at radius 1 is 1.05 bits per heavy atom. The summed E-state index contributed by atoms with van der Waals surface area (Å²) in [5.41, 5.74) is -0.212. The van der Waals surface area contributed by atoms with Crippen LogP contribution in [-0.2, 0) is 4.79 Å². The summed E-state index contributed by atoms with van der Waals surface area (Å²) in [6, 6.07) is 1.63. The third kappa shape index (κ3) is 6.16. The molecule has 3 aromatic rings. The maximum absolute atomic E-state index is 14.2. The van der Waals surface area contributed by atoms with E-state index >= 15 is 0 Å². The predicted molar refractivity (Wildman–Crippen MR) is 138 cm³/mol. The fourth-order valence-corrected chi connectivity index (χ4v) is 5.64. The van der Waals surface area contributed by atoms with Crippen molar-refractivity contribution in [2.75, 3.05) is 13.1 Å². The van der Waals surface area contributed by atoms with Gasteiger partial charge in [-0.1, -0.05) is 24.4 Å². The number of likely N-dealkylation sites (tertiary alicyclic amines) is 1. The Morgan fingerprint density at radius 3 is 2.50 bits per heavy atom. The van der Waals surface area contributed by atoms with E-state index in [0.717, 1.165) is 38.3 Å². The summed E-state index contributed by atoms with van der Waals surface area (Å²) in [6.45, 7) is 3.02. The minimum absolute atomic E-state index is 0.208. The number of hydrogen-bond acceptors (Lipinski definition) is 7. The molecule has 1 aliphatic heterocycles. The standard InChI is InChI=1S/C28H31F3N6O3/c1-16(24-14-32-8-9-33-24)34-27(38)19-15-37(18-5-3-2-4-6-18)10-7-22(19)35-28(39)23-13-25(40-36-23)26-20(30)11-17(29)12-21(26)31/h8-9,11-14,16,18-19,22H,2-7,10,15H2,1H3,(H,34,38)(H,35,39)/t16-,19?,22?/m1/s1. The van der Waals surface area contributed by atoms with Crippen LogP contribution in [0, 0.1) is 23.4 Å². The molecule has 2 N–H and O–H groups in total. The fourth-order valence-electron chi connectivity index (χ4n) is 5.64. The lowest BCUT2D eigenvalue weighted by Gasteiger charge is -2.43. The molecule has 0 bridgehead atoms. The number of carbonyl (C=O) groups excluding carboxylic acids is 2. The Kier molecular flexibility index (Phi) is 8.43. The van der Waals surface area contributed by atoms with Crippen molar-refractivity contribution in [3.05, 3.63) is 65.6 Å². The van der Waals surface area contributed by atoms with Gasteiger partial charge in [0.1, 0.15) is 17.5 Å². The molecule has 5 rings (SSSR count). The zero-order valence-corrected chi connectivity index (χ0v) is 22.1. The number of hydrogen-bond donors (Lipinski definition) is 2. The Labute approximate surface area is 229 Å². The summed E-state index contributed by atoms with van der Waals surface area (Å²) >= 11 is 0. The van der Waals surface area contributed by atoms with Gasteiger partial charge in [0, 0.05) is 55.8 Å². The first-order valence-corrected chi connectivity index (χ1v) is 13.5. The van der Waals surface area contributed by atoms with Crippen molar-refractivity contribution < 1.29 is 27.3 Å². The lowest BCUT2D eigenvalue weighted by Crippen LogP contribution is -2.58. The van der Waals surface area contributed by atoms with Gasteiger partial charge in [-0.2, -0.15) is 0 Å². The zero-order chi connectivity index (χ0) is 28.2. The SMILES string of the molecule is C[C@@H](NC(=O)C1CN(C2CCCCC2)CCC1NC(=O)c1cc(-c2c(F)cc(F)cc2F)on1)c1cnccn1. The van der Waals surface area contributed by atoms with E-state index in [4.69, 9.17) is 4.52 Å². The number of benzene rings is 1. The largest absolute Gasteiger partial charge is 0.355 e. The van der Waals surface area contributed by atoms with Crippen molar-refractivity contribution >= 4 is 11.8 Å². The highest BCUT2D eigenvalue weighted by Crippen LogP contribution is 2.30. The van der Waals surface area contributed by atoms with Gasteiger partial charge in [-0.05, 0) is 26.2 Å². The van der Waals surface area contributed by atoms with Crippen LogP contribution in [0.1, 0.15) is 67.7 Å². The van der Waals surface area contributed by atoms with Crippen molar-refractivity contribution in [3.8, 4) is 11.3 Å². The molecule has 2 unspecified atom stereocenters. The molecule has 1 aliphatic carbocycles. The smallest absolute Gasteiger partial charge is 0.273 e. The van der Waals surface area contributed by atoms with Gasteiger partial charge < -0.3 is 15.2 Å². The number of nitrogens with zero attached hydrogens (tertiary/aromatic N) is 4. The highest BCUT2D eigenvalue weighted by atomic mass is 19.1. The molecule has 12 heteroatoms. The van der Waals surface area contributed by atoms with Crippen molar-refractivity contribution in [1.82, 2.24) is 30.7 Å². The number of rotatable bonds is 7. The Morgan fingerprint density at radius 2 is 1.80 bits per heavy atom. The van der Waals surface area contributed by atoms with Crippen LogP contribution in [0.5, 0.6) is 0 Å². The number of nitrogens with one attached hydrogen (secondary N) is 2. The molecule has 3 atom stereocenters. The van der Waals surface area contributed by atoms with Gasteiger partial charge in [-0.25, -0.2) is 13.2 Å². The van der Waals surface area contributed by atoms with E-state index in [2.05, 4.69) is 30.7 Å². The van der Waals surface area contributed by atoms with E-state index in [1.165, 1.54) is 6.42 Å². The summed E-state index contributed by atoms with van der Waals surface area (Å²) in [6.07, 6.45) is 10.9. The van der Waals surface area contributed by atoms with E-state index < -0.39 is 40.9 Å². The van der Waals surface area contributed by atoms with Crippen LogP contribution in [0.25, 0.3) is 11.3 Å². The third-order valence-corrected chi connectivity index (χ3v) is 7.77.